The van der Waals surface area contributed by atoms with Crippen molar-refractivity contribution in [2.45, 2.75) is 12.5 Å². The van der Waals surface area contributed by atoms with Crippen LogP contribution in [0.5, 0.6) is 0 Å². The van der Waals surface area contributed by atoms with Gasteiger partial charge in [-0.25, -0.2) is 0 Å². The molecule has 0 heterocycles. The molecule has 0 aliphatic heterocycles. The van der Waals surface area contributed by atoms with E-state index in [0.717, 1.165) is 5.56 Å². The van der Waals surface area contributed by atoms with Crippen molar-refractivity contribution < 1.29 is 9.59 Å². The second-order valence-corrected chi connectivity index (χ2v) is 4.71. The molecule has 5 N–H and O–H groups in total. The first-order chi connectivity index (χ1) is 10.1. The minimum absolute atomic E-state index is 0.158. The van der Waals surface area contributed by atoms with Gasteiger partial charge < -0.3 is 16.8 Å². The minimum Gasteiger partial charge on any atom is -0.366 e. The summed E-state index contributed by atoms with van der Waals surface area (Å²) in [7, 11) is 0. The molecular weight excluding hydrogens is 266 g/mol. The average Bonchev–Trinajstić information content (AvgIpc) is 2.48. The second kappa shape index (κ2) is 6.67. The maximum absolute atomic E-state index is 12.0. The molecule has 0 aliphatic rings. The molecule has 2 aromatic rings. The molecule has 5 nitrogen and oxygen atoms in total. The molecule has 0 radical (unpaired) electrons. The van der Waals surface area contributed by atoms with Gasteiger partial charge in [-0.05, 0) is 23.8 Å². The summed E-state index contributed by atoms with van der Waals surface area (Å²) >= 11 is 0. The predicted octanol–water partition coefficient (Wildman–Crippen LogP) is 1.81. The van der Waals surface area contributed by atoms with Crippen molar-refractivity contribution in [1.29, 1.82) is 0 Å². The number of nitrogens with one attached hydrogen (secondary N) is 1. The predicted molar refractivity (Wildman–Crippen MR) is 81.6 cm³/mol. The fraction of sp³-hybridized carbons (Fsp3) is 0.125. The zero-order valence-corrected chi connectivity index (χ0v) is 11.5. The minimum atomic E-state index is -0.535. The van der Waals surface area contributed by atoms with Gasteiger partial charge in [0.05, 0.1) is 0 Å². The maximum atomic E-state index is 12.0. The first-order valence-corrected chi connectivity index (χ1v) is 6.56. The lowest BCUT2D eigenvalue weighted by molar-refractivity contribution is -0.116. The Balaban J connectivity index is 1.99. The molecule has 0 spiro atoms. The summed E-state index contributed by atoms with van der Waals surface area (Å²) in [5.74, 6) is -0.750. The Morgan fingerprint density at radius 2 is 1.76 bits per heavy atom. The summed E-state index contributed by atoms with van der Waals surface area (Å²) < 4.78 is 0. The van der Waals surface area contributed by atoms with Gasteiger partial charge in [0.1, 0.15) is 0 Å². The normalized spacial score (nSPS) is 11.7. The summed E-state index contributed by atoms with van der Waals surface area (Å²) in [4.78, 5) is 23.1. The number of carbonyl (C=O) groups excluding carboxylic acids is 2. The molecule has 2 aromatic carbocycles. The van der Waals surface area contributed by atoms with E-state index >= 15 is 0 Å². The Hall–Kier alpha value is -2.66. The lowest BCUT2D eigenvalue weighted by Gasteiger charge is -2.12. The molecular formula is C16H17N3O2. The average molecular weight is 283 g/mol. The zero-order valence-electron chi connectivity index (χ0n) is 11.5. The van der Waals surface area contributed by atoms with Gasteiger partial charge in [-0.15, -0.1) is 0 Å². The van der Waals surface area contributed by atoms with E-state index in [2.05, 4.69) is 5.32 Å². The van der Waals surface area contributed by atoms with Crippen molar-refractivity contribution >= 4 is 17.5 Å². The quantitative estimate of drug-likeness (QED) is 0.780. The SMILES string of the molecule is NC(=O)c1cccc(NC(=O)CC(N)c2ccccc2)c1. The number of anilines is 1. The van der Waals surface area contributed by atoms with Crippen molar-refractivity contribution in [2.75, 3.05) is 5.32 Å². The Morgan fingerprint density at radius 3 is 2.43 bits per heavy atom. The highest BCUT2D eigenvalue weighted by atomic mass is 16.2. The van der Waals surface area contributed by atoms with E-state index in [9.17, 15) is 9.59 Å². The van der Waals surface area contributed by atoms with Crippen LogP contribution in [0.3, 0.4) is 0 Å². The monoisotopic (exact) mass is 283 g/mol. The summed E-state index contributed by atoms with van der Waals surface area (Å²) in [6.45, 7) is 0. The highest BCUT2D eigenvalue weighted by Gasteiger charge is 2.12. The largest absolute Gasteiger partial charge is 0.366 e. The molecule has 0 aliphatic carbocycles. The van der Waals surface area contributed by atoms with E-state index in [1.54, 1.807) is 18.2 Å². The first-order valence-electron chi connectivity index (χ1n) is 6.56. The van der Waals surface area contributed by atoms with Crippen LogP contribution in [0.15, 0.2) is 54.6 Å². The molecule has 0 bridgehead atoms. The summed E-state index contributed by atoms with van der Waals surface area (Å²) in [6, 6.07) is 15.5. The maximum Gasteiger partial charge on any atom is 0.248 e. The number of rotatable bonds is 5. The van der Waals surface area contributed by atoms with E-state index in [0.29, 0.717) is 11.3 Å². The van der Waals surface area contributed by atoms with Crippen molar-refractivity contribution in [3.8, 4) is 0 Å². The van der Waals surface area contributed by atoms with Crippen LogP contribution in [0.1, 0.15) is 28.4 Å². The summed E-state index contributed by atoms with van der Waals surface area (Å²) in [5, 5.41) is 2.71. The fourth-order valence-corrected chi connectivity index (χ4v) is 1.98. The molecule has 5 heteroatoms. The van der Waals surface area contributed by atoms with E-state index < -0.39 is 5.91 Å². The molecule has 1 atom stereocenters. The molecule has 0 aromatic heterocycles. The Kier molecular flexibility index (Phi) is 4.68. The molecule has 2 amide bonds. The molecule has 108 valence electrons. The number of amides is 2. The summed E-state index contributed by atoms with van der Waals surface area (Å²) in [6.07, 6.45) is 0.158. The number of hydrogen-bond donors (Lipinski definition) is 3. The van der Waals surface area contributed by atoms with Crippen LogP contribution < -0.4 is 16.8 Å². The molecule has 0 saturated carbocycles. The Morgan fingerprint density at radius 1 is 1.05 bits per heavy atom. The molecule has 1 unspecified atom stereocenters. The van der Waals surface area contributed by atoms with E-state index in [1.807, 2.05) is 30.3 Å². The first kappa shape index (κ1) is 14.7. The van der Waals surface area contributed by atoms with Crippen LogP contribution in [0, 0.1) is 0 Å². The zero-order chi connectivity index (χ0) is 15.2. The van der Waals surface area contributed by atoms with Crippen molar-refractivity contribution in [3.05, 3.63) is 65.7 Å². The lowest BCUT2D eigenvalue weighted by atomic mass is 10.0. The Labute approximate surface area is 123 Å². The standard InChI is InChI=1S/C16H17N3O2/c17-14(11-5-2-1-3-6-11)10-15(20)19-13-8-4-7-12(9-13)16(18)21/h1-9,14H,10,17H2,(H2,18,21)(H,19,20). The number of carbonyl (C=O) groups is 2. The van der Waals surface area contributed by atoms with E-state index in [4.69, 9.17) is 11.5 Å². The molecule has 2 rings (SSSR count). The van der Waals surface area contributed by atoms with Crippen LogP contribution in [-0.2, 0) is 4.79 Å². The summed E-state index contributed by atoms with van der Waals surface area (Å²) in [5.41, 5.74) is 13.0. The van der Waals surface area contributed by atoms with E-state index in [1.165, 1.54) is 6.07 Å². The van der Waals surface area contributed by atoms with Crippen molar-refractivity contribution in [1.82, 2.24) is 0 Å². The van der Waals surface area contributed by atoms with Gasteiger partial charge in [-0.2, -0.15) is 0 Å². The Bertz CT molecular complexity index is 641. The van der Waals surface area contributed by atoms with Gasteiger partial charge in [0, 0.05) is 23.7 Å². The second-order valence-electron chi connectivity index (χ2n) is 4.71. The van der Waals surface area contributed by atoms with Crippen LogP contribution >= 0.6 is 0 Å². The molecule has 21 heavy (non-hydrogen) atoms. The van der Waals surface area contributed by atoms with Gasteiger partial charge in [0.25, 0.3) is 0 Å². The van der Waals surface area contributed by atoms with E-state index in [-0.39, 0.29) is 18.4 Å². The van der Waals surface area contributed by atoms with Crippen molar-refractivity contribution in [2.24, 2.45) is 11.5 Å². The van der Waals surface area contributed by atoms with Gasteiger partial charge in [0.15, 0.2) is 0 Å². The van der Waals surface area contributed by atoms with Gasteiger partial charge in [-0.3, -0.25) is 9.59 Å². The number of benzene rings is 2. The van der Waals surface area contributed by atoms with Crippen LogP contribution in [-0.4, -0.2) is 11.8 Å². The van der Waals surface area contributed by atoms with Crippen LogP contribution in [0.2, 0.25) is 0 Å². The number of hydrogen-bond acceptors (Lipinski definition) is 3. The third-order valence-electron chi connectivity index (χ3n) is 3.06. The smallest absolute Gasteiger partial charge is 0.248 e. The van der Waals surface area contributed by atoms with Gasteiger partial charge in [0.2, 0.25) is 11.8 Å². The highest BCUT2D eigenvalue weighted by molar-refractivity contribution is 5.96. The van der Waals surface area contributed by atoms with Crippen LogP contribution in [0.25, 0.3) is 0 Å². The van der Waals surface area contributed by atoms with Crippen molar-refractivity contribution in [3.63, 3.8) is 0 Å². The fourth-order valence-electron chi connectivity index (χ4n) is 1.98. The third-order valence-corrected chi connectivity index (χ3v) is 3.06. The third kappa shape index (κ3) is 4.15. The molecule has 0 fully saturated rings. The van der Waals surface area contributed by atoms with Crippen LogP contribution in [0.4, 0.5) is 5.69 Å². The number of nitrogens with two attached hydrogens (primary N) is 2. The highest BCUT2D eigenvalue weighted by Crippen LogP contribution is 2.15. The topological polar surface area (TPSA) is 98.2 Å². The lowest BCUT2D eigenvalue weighted by Crippen LogP contribution is -2.21. The van der Waals surface area contributed by atoms with Gasteiger partial charge in [-0.1, -0.05) is 36.4 Å². The van der Waals surface area contributed by atoms with Gasteiger partial charge >= 0.3 is 0 Å². The molecule has 0 saturated heterocycles. The number of primary amides is 1.